The first kappa shape index (κ1) is 30.0. The topological polar surface area (TPSA) is 142 Å². The molecule has 0 atom stereocenters. The molecule has 39 heavy (non-hydrogen) atoms. The van der Waals surface area contributed by atoms with Crippen LogP contribution in [-0.4, -0.2) is 66.9 Å². The molecule has 0 saturated heterocycles. The molecule has 0 unspecified atom stereocenters. The summed E-state index contributed by atoms with van der Waals surface area (Å²) in [4.78, 5) is 40.2. The third-order valence-corrected chi connectivity index (χ3v) is 5.63. The largest absolute Gasteiger partial charge is 0.496 e. The quantitative estimate of drug-likeness (QED) is 0.418. The molecule has 0 aliphatic rings. The number of anilines is 1. The highest BCUT2D eigenvalue weighted by Gasteiger charge is 2.36. The number of carbonyl (C=O) groups excluding carboxylic acids is 2. The second kappa shape index (κ2) is 11.3. The molecule has 0 saturated carbocycles. The summed E-state index contributed by atoms with van der Waals surface area (Å²) < 4.78 is 18.0. The fraction of sp³-hybridized carbons (Fsp3) is 0.538. The van der Waals surface area contributed by atoms with Gasteiger partial charge in [-0.3, -0.25) is 4.98 Å². The Labute approximate surface area is 232 Å². The van der Waals surface area contributed by atoms with Gasteiger partial charge >= 0.3 is 12.2 Å². The first-order chi connectivity index (χ1) is 18.1. The minimum Gasteiger partial charge on any atom is -0.496 e. The van der Waals surface area contributed by atoms with E-state index >= 15 is 0 Å². The Morgan fingerprint density at radius 3 is 2.13 bits per heavy atom. The van der Waals surface area contributed by atoms with Crippen molar-refractivity contribution in [1.29, 1.82) is 0 Å². The Kier molecular flexibility index (Phi) is 8.71. The number of aliphatic hydroxyl groups is 1. The molecule has 0 aliphatic carbocycles. The van der Waals surface area contributed by atoms with Crippen molar-refractivity contribution in [3.8, 4) is 5.75 Å². The minimum atomic E-state index is -1.03. The van der Waals surface area contributed by atoms with Gasteiger partial charge in [0.15, 0.2) is 5.65 Å². The van der Waals surface area contributed by atoms with Crippen LogP contribution in [-0.2, 0) is 22.4 Å². The van der Waals surface area contributed by atoms with Crippen molar-refractivity contribution in [2.24, 2.45) is 0 Å². The van der Waals surface area contributed by atoms with Crippen LogP contribution < -0.4 is 9.64 Å². The van der Waals surface area contributed by atoms with Crippen LogP contribution in [0.25, 0.3) is 11.0 Å². The number of aliphatic hydroxyl groups excluding tert-OH is 1. The molecule has 3 aromatic rings. The fourth-order valence-corrected chi connectivity index (χ4v) is 4.08. The van der Waals surface area contributed by atoms with Gasteiger partial charge < -0.3 is 19.3 Å². The van der Waals surface area contributed by atoms with Gasteiger partial charge in [-0.1, -0.05) is 11.6 Å². The third-order valence-electron chi connectivity index (χ3n) is 5.36. The van der Waals surface area contributed by atoms with Gasteiger partial charge in [0, 0.05) is 30.4 Å². The van der Waals surface area contributed by atoms with E-state index in [1.54, 1.807) is 54.8 Å². The van der Waals surface area contributed by atoms with Crippen LogP contribution in [0.15, 0.2) is 6.20 Å². The standard InChI is InChI=1S/C26H35ClN6O6/c1-14-12-28-17(15(2)19(14)37-9)13-32-21-18(16(31-32)10-11-34)20(27)29-22(30-21)33(23(35)38-25(3,4)5)24(36)39-26(6,7)8/h12,34H,10-11,13H2,1-9H3. The van der Waals surface area contributed by atoms with Gasteiger partial charge in [-0.15, -0.1) is 4.90 Å². The number of carbonyl (C=O) groups is 2. The number of aromatic nitrogens is 5. The van der Waals surface area contributed by atoms with Crippen LogP contribution in [0.5, 0.6) is 5.75 Å². The molecule has 3 aromatic heterocycles. The number of methoxy groups -OCH3 is 1. The Balaban J connectivity index is 2.22. The Bertz CT molecular complexity index is 1360. The number of fused-ring (bicyclic) bond motifs is 1. The predicted molar refractivity (Wildman–Crippen MR) is 145 cm³/mol. The number of aryl methyl sites for hydroxylation is 1. The Morgan fingerprint density at radius 2 is 1.62 bits per heavy atom. The maximum Gasteiger partial charge on any atom is 0.427 e. The number of nitrogens with zero attached hydrogens (tertiary/aromatic N) is 6. The zero-order valence-corrected chi connectivity index (χ0v) is 24.5. The van der Waals surface area contributed by atoms with E-state index in [9.17, 15) is 14.7 Å². The van der Waals surface area contributed by atoms with Gasteiger partial charge in [0.2, 0.25) is 5.95 Å². The molecule has 0 bridgehead atoms. The molecule has 3 rings (SSSR count). The number of rotatable bonds is 6. The molecule has 0 aliphatic heterocycles. The second-order valence-corrected chi connectivity index (χ2v) is 11.3. The third kappa shape index (κ3) is 6.93. The number of halogens is 1. The summed E-state index contributed by atoms with van der Waals surface area (Å²) in [6.45, 7) is 13.7. The van der Waals surface area contributed by atoms with Gasteiger partial charge in [0.05, 0.1) is 30.4 Å². The van der Waals surface area contributed by atoms with Crippen molar-refractivity contribution in [1.82, 2.24) is 24.7 Å². The van der Waals surface area contributed by atoms with Crippen LogP contribution in [0.4, 0.5) is 15.5 Å². The minimum absolute atomic E-state index is 0.0621. The van der Waals surface area contributed by atoms with Crippen LogP contribution >= 0.6 is 11.6 Å². The SMILES string of the molecule is COc1c(C)cnc(Cn2nc(CCO)c3c(Cl)nc(N(C(=O)OC(C)(C)C)C(=O)OC(C)(C)C)nc32)c1C. The van der Waals surface area contributed by atoms with E-state index in [0.29, 0.717) is 27.4 Å². The number of hydrogen-bond donors (Lipinski definition) is 1. The number of amides is 2. The number of pyridine rings is 1. The van der Waals surface area contributed by atoms with E-state index in [4.69, 9.17) is 25.8 Å². The van der Waals surface area contributed by atoms with Crippen molar-refractivity contribution in [2.75, 3.05) is 18.6 Å². The summed E-state index contributed by atoms with van der Waals surface area (Å²) in [5.74, 6) is 0.347. The highest BCUT2D eigenvalue weighted by Crippen LogP contribution is 2.30. The smallest absolute Gasteiger partial charge is 0.427 e. The highest BCUT2D eigenvalue weighted by molar-refractivity contribution is 6.34. The molecule has 2 amide bonds. The highest BCUT2D eigenvalue weighted by atomic mass is 35.5. The maximum atomic E-state index is 13.2. The van der Waals surface area contributed by atoms with E-state index in [1.165, 1.54) is 4.68 Å². The first-order valence-electron chi connectivity index (χ1n) is 12.3. The molecular formula is C26H35ClN6O6. The fourth-order valence-electron chi connectivity index (χ4n) is 3.81. The van der Waals surface area contributed by atoms with E-state index in [0.717, 1.165) is 11.1 Å². The van der Waals surface area contributed by atoms with E-state index < -0.39 is 23.4 Å². The lowest BCUT2D eigenvalue weighted by atomic mass is 10.1. The molecule has 0 fully saturated rings. The second-order valence-electron chi connectivity index (χ2n) is 10.9. The lowest BCUT2D eigenvalue weighted by molar-refractivity contribution is 0.0427. The maximum absolute atomic E-state index is 13.2. The van der Waals surface area contributed by atoms with Crippen molar-refractivity contribution in [3.63, 3.8) is 0 Å². The van der Waals surface area contributed by atoms with Crippen molar-refractivity contribution in [3.05, 3.63) is 33.9 Å². The summed E-state index contributed by atoms with van der Waals surface area (Å²) in [5.41, 5.74) is 1.18. The van der Waals surface area contributed by atoms with Gasteiger partial charge in [-0.2, -0.15) is 15.1 Å². The van der Waals surface area contributed by atoms with E-state index in [1.807, 2.05) is 13.8 Å². The zero-order chi connectivity index (χ0) is 29.3. The molecule has 212 valence electrons. The summed E-state index contributed by atoms with van der Waals surface area (Å²) >= 11 is 6.59. The normalized spacial score (nSPS) is 12.0. The van der Waals surface area contributed by atoms with Gasteiger partial charge in [0.1, 0.15) is 22.1 Å². The molecule has 0 aromatic carbocycles. The average molecular weight is 563 g/mol. The molecule has 1 N–H and O–H groups in total. The van der Waals surface area contributed by atoms with E-state index in [-0.39, 0.29) is 36.3 Å². The van der Waals surface area contributed by atoms with Gasteiger partial charge in [-0.25, -0.2) is 14.3 Å². The summed E-state index contributed by atoms with van der Waals surface area (Å²) in [7, 11) is 1.59. The predicted octanol–water partition coefficient (Wildman–Crippen LogP) is 4.76. The number of hydrogen-bond acceptors (Lipinski definition) is 10. The van der Waals surface area contributed by atoms with Crippen LogP contribution in [0.3, 0.4) is 0 Å². The summed E-state index contributed by atoms with van der Waals surface area (Å²) in [5, 5.41) is 14.5. The molecule has 12 nitrogen and oxygen atoms in total. The average Bonchev–Trinajstić information content (AvgIpc) is 3.11. The van der Waals surface area contributed by atoms with E-state index in [2.05, 4.69) is 20.1 Å². The van der Waals surface area contributed by atoms with Crippen LogP contribution in [0, 0.1) is 13.8 Å². The molecule has 0 radical (unpaired) electrons. The van der Waals surface area contributed by atoms with Gasteiger partial charge in [-0.05, 0) is 55.4 Å². The van der Waals surface area contributed by atoms with Crippen LogP contribution in [0.1, 0.15) is 64.1 Å². The Hall–Kier alpha value is -3.51. The molecule has 13 heteroatoms. The van der Waals surface area contributed by atoms with Crippen molar-refractivity contribution >= 4 is 40.8 Å². The first-order valence-corrected chi connectivity index (χ1v) is 12.7. The Morgan fingerprint density at radius 1 is 1.03 bits per heavy atom. The monoisotopic (exact) mass is 562 g/mol. The lowest BCUT2D eigenvalue weighted by Crippen LogP contribution is -2.44. The lowest BCUT2D eigenvalue weighted by Gasteiger charge is -2.27. The van der Waals surface area contributed by atoms with Gasteiger partial charge in [0.25, 0.3) is 0 Å². The molecular weight excluding hydrogens is 528 g/mol. The van der Waals surface area contributed by atoms with Crippen LogP contribution in [0.2, 0.25) is 5.15 Å². The molecule has 3 heterocycles. The zero-order valence-electron chi connectivity index (χ0n) is 23.7. The number of imide groups is 1. The van der Waals surface area contributed by atoms with Crippen molar-refractivity contribution < 1.29 is 28.9 Å². The summed E-state index contributed by atoms with van der Waals surface area (Å²) in [6.07, 6.45) is -0.192. The van der Waals surface area contributed by atoms with Crippen molar-refractivity contribution in [2.45, 2.75) is 79.6 Å². The molecule has 0 spiro atoms. The number of ether oxygens (including phenoxy) is 3. The summed E-state index contributed by atoms with van der Waals surface area (Å²) in [6, 6.07) is 0.